The van der Waals surface area contributed by atoms with Gasteiger partial charge >= 0.3 is 0 Å². The van der Waals surface area contributed by atoms with Crippen molar-refractivity contribution in [1.29, 1.82) is 0 Å². The van der Waals surface area contributed by atoms with E-state index in [0.29, 0.717) is 16.1 Å². The highest BCUT2D eigenvalue weighted by molar-refractivity contribution is 7.17. The lowest BCUT2D eigenvalue weighted by Gasteiger charge is -2.08. The van der Waals surface area contributed by atoms with Crippen molar-refractivity contribution in [3.8, 4) is 11.1 Å². The average Bonchev–Trinajstić information content (AvgIpc) is 3.04. The summed E-state index contributed by atoms with van der Waals surface area (Å²) in [5, 5.41) is 4.09. The SMILES string of the molecule is Cc1sc(NC(=O)c2cccc3ncccc23)c(C(N)=O)c1-c1ccccc1. The molecular formula is C22H17N3O2S. The van der Waals surface area contributed by atoms with Gasteiger partial charge in [-0.05, 0) is 30.7 Å². The predicted octanol–water partition coefficient (Wildman–Crippen LogP) is 4.62. The molecule has 0 aliphatic rings. The third-order valence-electron chi connectivity index (χ3n) is 4.51. The number of primary amides is 1. The lowest BCUT2D eigenvalue weighted by atomic mass is 10.0. The number of hydrogen-bond donors (Lipinski definition) is 2. The van der Waals surface area contributed by atoms with Crippen LogP contribution in [0, 0.1) is 6.92 Å². The molecule has 0 bridgehead atoms. The van der Waals surface area contributed by atoms with Crippen LogP contribution in [0.1, 0.15) is 25.6 Å². The minimum atomic E-state index is -0.571. The molecule has 2 aromatic carbocycles. The zero-order valence-corrected chi connectivity index (χ0v) is 15.9. The molecule has 0 fully saturated rings. The van der Waals surface area contributed by atoms with Crippen LogP contribution in [-0.4, -0.2) is 16.8 Å². The number of aromatic nitrogens is 1. The predicted molar refractivity (Wildman–Crippen MR) is 113 cm³/mol. The molecule has 4 aromatic rings. The van der Waals surface area contributed by atoms with Gasteiger partial charge in [0.1, 0.15) is 5.00 Å². The third kappa shape index (κ3) is 3.14. The van der Waals surface area contributed by atoms with Crippen LogP contribution < -0.4 is 11.1 Å². The summed E-state index contributed by atoms with van der Waals surface area (Å²) in [6.07, 6.45) is 1.68. The van der Waals surface area contributed by atoms with Gasteiger partial charge < -0.3 is 11.1 Å². The summed E-state index contributed by atoms with van der Waals surface area (Å²) in [4.78, 5) is 30.4. The Kier molecular flexibility index (Phi) is 4.63. The van der Waals surface area contributed by atoms with Gasteiger partial charge in [-0.3, -0.25) is 14.6 Å². The number of amides is 2. The van der Waals surface area contributed by atoms with E-state index in [-0.39, 0.29) is 5.91 Å². The first kappa shape index (κ1) is 17.9. The van der Waals surface area contributed by atoms with Crippen LogP contribution in [-0.2, 0) is 0 Å². The molecule has 0 unspecified atom stereocenters. The number of nitrogens with two attached hydrogens (primary N) is 1. The maximum absolute atomic E-state index is 13.0. The van der Waals surface area contributed by atoms with Gasteiger partial charge in [-0.25, -0.2) is 0 Å². The number of hydrogen-bond acceptors (Lipinski definition) is 4. The van der Waals surface area contributed by atoms with Crippen LogP contribution in [0.15, 0.2) is 66.9 Å². The van der Waals surface area contributed by atoms with Gasteiger partial charge in [0.05, 0.1) is 11.1 Å². The van der Waals surface area contributed by atoms with Gasteiger partial charge in [-0.2, -0.15) is 0 Å². The second kappa shape index (κ2) is 7.25. The quantitative estimate of drug-likeness (QED) is 0.536. The van der Waals surface area contributed by atoms with Crippen molar-refractivity contribution in [3.05, 3.63) is 82.9 Å². The second-order valence-corrected chi connectivity index (χ2v) is 7.52. The van der Waals surface area contributed by atoms with Crippen LogP contribution >= 0.6 is 11.3 Å². The fraction of sp³-hybridized carbons (Fsp3) is 0.0455. The lowest BCUT2D eigenvalue weighted by molar-refractivity contribution is 0.100. The fourth-order valence-electron chi connectivity index (χ4n) is 3.29. The topological polar surface area (TPSA) is 85.1 Å². The number of pyridine rings is 1. The number of aryl methyl sites for hydroxylation is 1. The summed E-state index contributed by atoms with van der Waals surface area (Å²) in [6, 6.07) is 18.6. The molecule has 3 N–H and O–H groups in total. The number of carbonyl (C=O) groups excluding carboxylic acids is 2. The zero-order valence-electron chi connectivity index (χ0n) is 15.1. The van der Waals surface area contributed by atoms with E-state index < -0.39 is 5.91 Å². The van der Waals surface area contributed by atoms with Crippen molar-refractivity contribution in [3.63, 3.8) is 0 Å². The van der Waals surface area contributed by atoms with Gasteiger partial charge in [-0.1, -0.05) is 42.5 Å². The van der Waals surface area contributed by atoms with Crippen LogP contribution in [0.4, 0.5) is 5.00 Å². The number of nitrogens with zero attached hydrogens (tertiary/aromatic N) is 1. The summed E-state index contributed by atoms with van der Waals surface area (Å²) in [7, 11) is 0. The molecule has 2 aromatic heterocycles. The zero-order chi connectivity index (χ0) is 19.7. The first-order chi connectivity index (χ1) is 13.6. The van der Waals surface area contributed by atoms with Crippen LogP contribution in [0.25, 0.3) is 22.0 Å². The van der Waals surface area contributed by atoms with E-state index in [1.807, 2.05) is 49.4 Å². The van der Waals surface area contributed by atoms with Crippen molar-refractivity contribution >= 4 is 39.1 Å². The normalized spacial score (nSPS) is 10.8. The van der Waals surface area contributed by atoms with E-state index in [1.54, 1.807) is 24.4 Å². The number of carbonyl (C=O) groups is 2. The monoisotopic (exact) mass is 387 g/mol. The van der Waals surface area contributed by atoms with Gasteiger partial charge in [0.25, 0.3) is 11.8 Å². The highest BCUT2D eigenvalue weighted by Gasteiger charge is 2.23. The summed E-state index contributed by atoms with van der Waals surface area (Å²) in [5.74, 6) is -0.875. The number of rotatable bonds is 4. The van der Waals surface area contributed by atoms with Gasteiger partial charge in [0, 0.05) is 27.6 Å². The van der Waals surface area contributed by atoms with Gasteiger partial charge in [-0.15, -0.1) is 11.3 Å². The fourth-order valence-corrected chi connectivity index (χ4v) is 4.37. The molecule has 0 aliphatic heterocycles. The Morgan fingerprint density at radius 2 is 1.79 bits per heavy atom. The Labute approximate surface area is 165 Å². The minimum Gasteiger partial charge on any atom is -0.365 e. The maximum atomic E-state index is 13.0. The Bertz CT molecular complexity index is 1190. The second-order valence-electron chi connectivity index (χ2n) is 6.30. The molecule has 4 rings (SSSR count). The van der Waals surface area contributed by atoms with Crippen molar-refractivity contribution in [2.75, 3.05) is 5.32 Å². The van der Waals surface area contributed by atoms with Crippen LogP contribution in [0.5, 0.6) is 0 Å². The highest BCUT2D eigenvalue weighted by atomic mass is 32.1. The summed E-state index contributed by atoms with van der Waals surface area (Å²) in [6.45, 7) is 1.91. The Morgan fingerprint density at radius 3 is 2.54 bits per heavy atom. The van der Waals surface area contributed by atoms with Gasteiger partial charge in [0.2, 0.25) is 0 Å². The summed E-state index contributed by atoms with van der Waals surface area (Å²) in [5.41, 5.74) is 8.89. The molecular weight excluding hydrogens is 370 g/mol. The molecule has 28 heavy (non-hydrogen) atoms. The Morgan fingerprint density at radius 1 is 1.00 bits per heavy atom. The molecule has 0 aliphatic carbocycles. The minimum absolute atomic E-state index is 0.304. The Hall–Kier alpha value is -3.51. The molecule has 0 saturated heterocycles. The largest absolute Gasteiger partial charge is 0.365 e. The first-order valence-corrected chi connectivity index (χ1v) is 9.51. The number of nitrogens with one attached hydrogen (secondary N) is 1. The molecule has 0 saturated carbocycles. The van der Waals surface area contributed by atoms with Gasteiger partial charge in [0.15, 0.2) is 0 Å². The Balaban J connectivity index is 1.78. The first-order valence-electron chi connectivity index (χ1n) is 8.70. The number of fused-ring (bicyclic) bond motifs is 1. The van der Waals surface area contributed by atoms with E-state index >= 15 is 0 Å². The maximum Gasteiger partial charge on any atom is 0.256 e. The van der Waals surface area contributed by atoms with Crippen molar-refractivity contribution in [1.82, 2.24) is 4.98 Å². The molecule has 5 nitrogen and oxygen atoms in total. The molecule has 0 atom stereocenters. The number of thiophene rings is 1. The van der Waals surface area contributed by atoms with Crippen molar-refractivity contribution in [2.24, 2.45) is 5.73 Å². The standard InChI is InChI=1S/C22H17N3O2S/c1-13-18(14-7-3-2-4-8-14)19(20(23)26)22(28-13)25-21(27)16-9-5-11-17-15(16)10-6-12-24-17/h2-12H,1H3,(H2,23,26)(H,25,27). The molecule has 0 radical (unpaired) electrons. The van der Waals surface area contributed by atoms with E-state index in [9.17, 15) is 9.59 Å². The van der Waals surface area contributed by atoms with Crippen LogP contribution in [0.2, 0.25) is 0 Å². The van der Waals surface area contributed by atoms with Crippen molar-refractivity contribution in [2.45, 2.75) is 6.92 Å². The van der Waals surface area contributed by atoms with E-state index in [0.717, 1.165) is 26.9 Å². The molecule has 138 valence electrons. The van der Waals surface area contributed by atoms with Crippen LogP contribution in [0.3, 0.4) is 0 Å². The number of benzene rings is 2. The molecule has 0 spiro atoms. The lowest BCUT2D eigenvalue weighted by Crippen LogP contribution is -2.17. The highest BCUT2D eigenvalue weighted by Crippen LogP contribution is 2.39. The smallest absolute Gasteiger partial charge is 0.256 e. The molecule has 2 heterocycles. The van der Waals surface area contributed by atoms with Crippen molar-refractivity contribution < 1.29 is 9.59 Å². The summed E-state index contributed by atoms with van der Waals surface area (Å²) < 4.78 is 0. The average molecular weight is 387 g/mol. The van der Waals surface area contributed by atoms with E-state index in [4.69, 9.17) is 5.73 Å². The van der Waals surface area contributed by atoms with E-state index in [2.05, 4.69) is 10.3 Å². The summed E-state index contributed by atoms with van der Waals surface area (Å²) >= 11 is 1.34. The third-order valence-corrected chi connectivity index (χ3v) is 5.53. The number of anilines is 1. The van der Waals surface area contributed by atoms with E-state index in [1.165, 1.54) is 11.3 Å². The molecule has 6 heteroatoms. The molecule has 2 amide bonds.